The minimum absolute atomic E-state index is 0.768. The van der Waals surface area contributed by atoms with E-state index in [1.165, 1.54) is 10.4 Å². The summed E-state index contributed by atoms with van der Waals surface area (Å²) >= 11 is 3.47. The second-order valence-electron chi connectivity index (χ2n) is 7.56. The first-order valence-corrected chi connectivity index (χ1v) is 12.3. The van der Waals surface area contributed by atoms with Crippen LogP contribution < -0.4 is 5.32 Å². The number of hydrogen-bond acceptors (Lipinski definition) is 9. The summed E-state index contributed by atoms with van der Waals surface area (Å²) in [6, 6.07) is 4.27. The van der Waals surface area contributed by atoms with Crippen molar-refractivity contribution in [3.05, 3.63) is 28.7 Å². The van der Waals surface area contributed by atoms with E-state index in [0.717, 1.165) is 94.1 Å². The summed E-state index contributed by atoms with van der Waals surface area (Å²) in [4.78, 5) is 17.0. The van der Waals surface area contributed by atoms with E-state index in [4.69, 9.17) is 19.4 Å². The maximum absolute atomic E-state index is 5.48. The lowest BCUT2D eigenvalue weighted by molar-refractivity contribution is 0.0331. The monoisotopic (exact) mass is 445 g/mol. The van der Waals surface area contributed by atoms with Gasteiger partial charge in [-0.15, -0.1) is 22.7 Å². The Morgan fingerprint density at radius 2 is 1.73 bits per heavy atom. The predicted molar refractivity (Wildman–Crippen MR) is 123 cm³/mol. The van der Waals surface area contributed by atoms with E-state index >= 15 is 0 Å². The molecule has 160 valence electrons. The molecule has 3 aromatic rings. The van der Waals surface area contributed by atoms with E-state index in [1.807, 2.05) is 0 Å². The third-order valence-corrected chi connectivity index (χ3v) is 7.33. The molecule has 0 atom stereocenters. The Morgan fingerprint density at radius 1 is 0.967 bits per heavy atom. The van der Waals surface area contributed by atoms with Crippen molar-refractivity contribution in [2.24, 2.45) is 0 Å². The number of fused-ring (bicyclic) bond motifs is 1. The summed E-state index contributed by atoms with van der Waals surface area (Å²) in [5.74, 6) is 1.85. The van der Waals surface area contributed by atoms with Gasteiger partial charge in [0, 0.05) is 55.1 Å². The van der Waals surface area contributed by atoms with Crippen LogP contribution in [0.3, 0.4) is 0 Å². The zero-order valence-electron chi connectivity index (χ0n) is 17.0. The Kier molecular flexibility index (Phi) is 6.54. The maximum atomic E-state index is 5.48. The summed E-state index contributed by atoms with van der Waals surface area (Å²) < 4.78 is 10.9. The SMILES string of the molecule is c1csc(-c2csc3nc(CN4CCOCC4)nc(NCCN4CCOCC4)c23)c1. The Labute approximate surface area is 184 Å². The van der Waals surface area contributed by atoms with Crippen LogP contribution in [0.1, 0.15) is 5.82 Å². The molecular weight excluding hydrogens is 418 g/mol. The molecule has 0 bridgehead atoms. The van der Waals surface area contributed by atoms with Gasteiger partial charge in [-0.05, 0) is 11.4 Å². The highest BCUT2D eigenvalue weighted by molar-refractivity contribution is 7.18. The molecule has 0 aliphatic carbocycles. The molecule has 0 unspecified atom stereocenters. The second-order valence-corrected chi connectivity index (χ2v) is 9.37. The molecule has 3 aromatic heterocycles. The number of aromatic nitrogens is 2. The molecule has 30 heavy (non-hydrogen) atoms. The number of hydrogen-bond donors (Lipinski definition) is 1. The number of nitrogens with one attached hydrogen (secondary N) is 1. The topological polar surface area (TPSA) is 62.8 Å². The summed E-state index contributed by atoms with van der Waals surface area (Å²) in [5.41, 5.74) is 1.23. The molecule has 0 spiro atoms. The molecule has 5 rings (SSSR count). The third kappa shape index (κ3) is 4.66. The number of morpholine rings is 2. The number of rotatable bonds is 7. The molecular formula is C21H27N5O2S2. The minimum Gasteiger partial charge on any atom is -0.379 e. The van der Waals surface area contributed by atoms with Gasteiger partial charge >= 0.3 is 0 Å². The Bertz CT molecular complexity index is 950. The fraction of sp³-hybridized carbons (Fsp3) is 0.524. The number of anilines is 1. The number of nitrogens with zero attached hydrogens (tertiary/aromatic N) is 4. The van der Waals surface area contributed by atoms with Crippen LogP contribution in [0.2, 0.25) is 0 Å². The van der Waals surface area contributed by atoms with Gasteiger partial charge in [0.05, 0.1) is 38.4 Å². The molecule has 0 aromatic carbocycles. The van der Waals surface area contributed by atoms with Gasteiger partial charge in [-0.3, -0.25) is 9.80 Å². The number of ether oxygens (including phenoxy) is 2. The normalized spacial score (nSPS) is 18.8. The first-order valence-electron chi connectivity index (χ1n) is 10.5. The van der Waals surface area contributed by atoms with E-state index in [0.29, 0.717) is 0 Å². The third-order valence-electron chi connectivity index (χ3n) is 5.56. The van der Waals surface area contributed by atoms with E-state index in [2.05, 4.69) is 38.0 Å². The second kappa shape index (κ2) is 9.67. The molecule has 0 saturated carbocycles. The highest BCUT2D eigenvalue weighted by Gasteiger charge is 2.19. The van der Waals surface area contributed by atoms with Gasteiger partial charge in [-0.1, -0.05) is 6.07 Å². The lowest BCUT2D eigenvalue weighted by Crippen LogP contribution is -2.39. The lowest BCUT2D eigenvalue weighted by Gasteiger charge is -2.27. The largest absolute Gasteiger partial charge is 0.379 e. The van der Waals surface area contributed by atoms with Gasteiger partial charge in [0.2, 0.25) is 0 Å². The Balaban J connectivity index is 1.40. The van der Waals surface area contributed by atoms with Crippen LogP contribution in [0.25, 0.3) is 20.7 Å². The van der Waals surface area contributed by atoms with Crippen LogP contribution in [0.5, 0.6) is 0 Å². The van der Waals surface area contributed by atoms with Crippen LogP contribution >= 0.6 is 22.7 Å². The van der Waals surface area contributed by atoms with Gasteiger partial charge in [0.15, 0.2) is 0 Å². The zero-order chi connectivity index (χ0) is 20.2. The highest BCUT2D eigenvalue weighted by atomic mass is 32.1. The van der Waals surface area contributed by atoms with Crippen LogP contribution in [-0.2, 0) is 16.0 Å². The maximum Gasteiger partial charge on any atom is 0.146 e. The van der Waals surface area contributed by atoms with Crippen molar-refractivity contribution < 1.29 is 9.47 Å². The molecule has 2 fully saturated rings. The Morgan fingerprint density at radius 3 is 2.47 bits per heavy atom. The predicted octanol–water partition coefficient (Wildman–Crippen LogP) is 3.00. The van der Waals surface area contributed by atoms with Crippen LogP contribution in [0.4, 0.5) is 5.82 Å². The van der Waals surface area contributed by atoms with E-state index in [-0.39, 0.29) is 0 Å². The lowest BCUT2D eigenvalue weighted by atomic mass is 10.2. The molecule has 9 heteroatoms. The van der Waals surface area contributed by atoms with Gasteiger partial charge in [-0.25, -0.2) is 9.97 Å². The van der Waals surface area contributed by atoms with Gasteiger partial charge < -0.3 is 14.8 Å². The zero-order valence-corrected chi connectivity index (χ0v) is 18.6. The van der Waals surface area contributed by atoms with E-state index < -0.39 is 0 Å². The minimum atomic E-state index is 0.768. The summed E-state index contributed by atoms with van der Waals surface area (Å²) in [6.45, 7) is 9.73. The molecule has 1 N–H and O–H groups in total. The quantitative estimate of drug-likeness (QED) is 0.600. The molecule has 7 nitrogen and oxygen atoms in total. The van der Waals surface area contributed by atoms with Crippen molar-refractivity contribution in [3.63, 3.8) is 0 Å². The van der Waals surface area contributed by atoms with Crippen molar-refractivity contribution >= 4 is 38.7 Å². The first kappa shape index (κ1) is 20.3. The molecule has 2 aliphatic rings. The summed E-state index contributed by atoms with van der Waals surface area (Å²) in [6.07, 6.45) is 0. The van der Waals surface area contributed by atoms with Crippen LogP contribution in [0, 0.1) is 0 Å². The molecule has 2 aliphatic heterocycles. The van der Waals surface area contributed by atoms with E-state index in [1.54, 1.807) is 22.7 Å². The summed E-state index contributed by atoms with van der Waals surface area (Å²) in [5, 5.41) is 9.13. The fourth-order valence-corrected chi connectivity index (χ4v) is 5.69. The highest BCUT2D eigenvalue weighted by Crippen LogP contribution is 2.39. The van der Waals surface area contributed by atoms with Crippen molar-refractivity contribution in [1.29, 1.82) is 0 Å². The first-order chi connectivity index (χ1) is 14.9. The molecule has 5 heterocycles. The van der Waals surface area contributed by atoms with Crippen LogP contribution in [-0.4, -0.2) is 85.5 Å². The van der Waals surface area contributed by atoms with Gasteiger partial charge in [0.25, 0.3) is 0 Å². The van der Waals surface area contributed by atoms with E-state index in [9.17, 15) is 0 Å². The van der Waals surface area contributed by atoms with Gasteiger partial charge in [0.1, 0.15) is 16.5 Å². The summed E-state index contributed by atoms with van der Waals surface area (Å²) in [7, 11) is 0. The standard InChI is InChI=1S/C21H27N5O2S2/c1-2-17(29-13-1)16-15-30-21-19(16)20(22-3-4-25-5-9-27-10-6-25)23-18(24-21)14-26-7-11-28-12-8-26/h1-2,13,15H,3-12,14H2,(H,22,23,24). The van der Waals surface area contributed by atoms with Crippen LogP contribution in [0.15, 0.2) is 22.9 Å². The Hall–Kier alpha value is -1.62. The number of thiophene rings is 2. The molecule has 0 radical (unpaired) electrons. The average molecular weight is 446 g/mol. The molecule has 0 amide bonds. The fourth-order valence-electron chi connectivity index (χ4n) is 3.91. The van der Waals surface area contributed by atoms with Crippen molar-refractivity contribution in [1.82, 2.24) is 19.8 Å². The van der Waals surface area contributed by atoms with Crippen molar-refractivity contribution in [2.75, 3.05) is 71.0 Å². The van der Waals surface area contributed by atoms with Crippen molar-refractivity contribution in [3.8, 4) is 10.4 Å². The average Bonchev–Trinajstić information content (AvgIpc) is 3.45. The smallest absolute Gasteiger partial charge is 0.146 e. The van der Waals surface area contributed by atoms with Crippen molar-refractivity contribution in [2.45, 2.75) is 6.54 Å². The molecule has 2 saturated heterocycles. The van der Waals surface area contributed by atoms with Gasteiger partial charge in [-0.2, -0.15) is 0 Å².